The van der Waals surface area contributed by atoms with Crippen LogP contribution in [0.3, 0.4) is 0 Å². The number of benzene rings is 2. The molecule has 0 spiro atoms. The summed E-state index contributed by atoms with van der Waals surface area (Å²) in [5.41, 5.74) is 2.64. The van der Waals surface area contributed by atoms with Crippen LogP contribution in [-0.2, 0) is 9.59 Å². The van der Waals surface area contributed by atoms with Gasteiger partial charge in [0.2, 0.25) is 5.91 Å². The maximum atomic E-state index is 12.1. The number of nitrogens with one attached hydrogen (secondary N) is 2. The van der Waals surface area contributed by atoms with E-state index in [0.717, 1.165) is 10.8 Å². The van der Waals surface area contributed by atoms with E-state index in [2.05, 4.69) is 10.8 Å². The number of hydrogen-bond donors (Lipinski definition) is 3. The van der Waals surface area contributed by atoms with E-state index in [4.69, 9.17) is 9.94 Å². The Morgan fingerprint density at radius 3 is 2.33 bits per heavy atom. The second kappa shape index (κ2) is 7.79. The highest BCUT2D eigenvalue weighted by Gasteiger charge is 2.25. The second-order valence-electron chi connectivity index (χ2n) is 6.02. The first-order valence-corrected chi connectivity index (χ1v) is 7.83. The highest BCUT2D eigenvalue weighted by molar-refractivity contribution is 5.86. The van der Waals surface area contributed by atoms with Gasteiger partial charge in [0.15, 0.2) is 0 Å². The lowest BCUT2D eigenvalue weighted by atomic mass is 10.0. The normalized spacial score (nSPS) is 13.5. The van der Waals surface area contributed by atoms with E-state index < -0.39 is 24.0 Å². The van der Waals surface area contributed by atoms with Gasteiger partial charge in [-0.15, -0.1) is 5.48 Å². The molecule has 2 rings (SSSR count). The van der Waals surface area contributed by atoms with Crippen LogP contribution in [0.1, 0.15) is 20.8 Å². The van der Waals surface area contributed by atoms with Crippen LogP contribution in [0.2, 0.25) is 0 Å². The van der Waals surface area contributed by atoms with Gasteiger partial charge < -0.3 is 15.3 Å². The van der Waals surface area contributed by atoms with Crippen molar-refractivity contribution in [2.24, 2.45) is 5.92 Å². The number of hydrogen-bond acceptors (Lipinski definition) is 4. The third kappa shape index (κ3) is 4.45. The lowest BCUT2D eigenvalue weighted by molar-refractivity contribution is -0.143. The van der Waals surface area contributed by atoms with Crippen LogP contribution in [0.15, 0.2) is 42.5 Å². The minimum absolute atomic E-state index is 0.208. The molecule has 0 radical (unpaired) electrons. The third-order valence-corrected chi connectivity index (χ3v) is 3.70. The van der Waals surface area contributed by atoms with Gasteiger partial charge in [-0.3, -0.25) is 4.79 Å². The first-order valence-electron chi connectivity index (χ1n) is 7.83. The highest BCUT2D eigenvalue weighted by atomic mass is 16.6. The van der Waals surface area contributed by atoms with E-state index in [-0.39, 0.29) is 5.92 Å². The smallest absolute Gasteiger partial charge is 0.326 e. The summed E-state index contributed by atoms with van der Waals surface area (Å²) in [7, 11) is 0. The van der Waals surface area contributed by atoms with E-state index in [1.165, 1.54) is 0 Å². The predicted molar refractivity (Wildman–Crippen MR) is 91.6 cm³/mol. The number of fused-ring (bicyclic) bond motifs is 1. The molecule has 1 amide bonds. The fraction of sp³-hybridized carbons (Fsp3) is 0.333. The Balaban J connectivity index is 1.94. The Bertz CT molecular complexity index is 730. The SMILES string of the molecule is CC(C)[C@H](NC(=O)[C@H](C)NOc1ccc2ccccc2c1)C(=O)O. The molecule has 24 heavy (non-hydrogen) atoms. The molecule has 0 bridgehead atoms. The molecule has 0 aromatic heterocycles. The number of carboxylic acid groups (broad SMARTS) is 1. The van der Waals surface area contributed by atoms with Crippen LogP contribution in [-0.4, -0.2) is 29.1 Å². The zero-order chi connectivity index (χ0) is 17.7. The van der Waals surface area contributed by atoms with E-state index in [1.807, 2.05) is 36.4 Å². The second-order valence-corrected chi connectivity index (χ2v) is 6.02. The number of carbonyl (C=O) groups is 2. The summed E-state index contributed by atoms with van der Waals surface area (Å²) >= 11 is 0. The molecule has 6 heteroatoms. The number of aliphatic carboxylic acids is 1. The van der Waals surface area contributed by atoms with Crippen LogP contribution in [0.5, 0.6) is 5.75 Å². The Morgan fingerprint density at radius 1 is 1.04 bits per heavy atom. The monoisotopic (exact) mass is 330 g/mol. The summed E-state index contributed by atoms with van der Waals surface area (Å²) in [5, 5.41) is 13.7. The Hall–Kier alpha value is -2.60. The summed E-state index contributed by atoms with van der Waals surface area (Å²) in [6.45, 7) is 5.08. The molecule has 2 atom stereocenters. The van der Waals surface area contributed by atoms with Gasteiger partial charge in [-0.25, -0.2) is 4.79 Å². The number of hydroxylamine groups is 1. The van der Waals surface area contributed by atoms with Crippen molar-refractivity contribution in [3.8, 4) is 5.75 Å². The van der Waals surface area contributed by atoms with Crippen LogP contribution < -0.4 is 15.6 Å². The molecule has 0 heterocycles. The molecule has 0 aliphatic heterocycles. The molecule has 3 N–H and O–H groups in total. The van der Waals surface area contributed by atoms with E-state index in [9.17, 15) is 9.59 Å². The quantitative estimate of drug-likeness (QED) is 0.678. The van der Waals surface area contributed by atoms with E-state index >= 15 is 0 Å². The highest BCUT2D eigenvalue weighted by Crippen LogP contribution is 2.20. The van der Waals surface area contributed by atoms with Gasteiger partial charge in [-0.1, -0.05) is 44.2 Å². The molecule has 0 unspecified atom stereocenters. The number of amides is 1. The molecule has 2 aromatic rings. The Kier molecular flexibility index (Phi) is 5.76. The molecule has 2 aromatic carbocycles. The molecule has 0 saturated heterocycles. The van der Waals surface area contributed by atoms with Crippen molar-refractivity contribution in [1.82, 2.24) is 10.8 Å². The van der Waals surface area contributed by atoms with E-state index in [0.29, 0.717) is 5.75 Å². The average molecular weight is 330 g/mol. The topological polar surface area (TPSA) is 87.7 Å². The largest absolute Gasteiger partial charge is 0.480 e. The molecular weight excluding hydrogens is 308 g/mol. The molecule has 128 valence electrons. The van der Waals surface area contributed by atoms with Gasteiger partial charge in [0.05, 0.1) is 0 Å². The Morgan fingerprint density at radius 2 is 1.71 bits per heavy atom. The molecule has 0 saturated carbocycles. The van der Waals surface area contributed by atoms with Gasteiger partial charge >= 0.3 is 5.97 Å². The average Bonchev–Trinajstić information content (AvgIpc) is 2.56. The van der Waals surface area contributed by atoms with Gasteiger partial charge in [0.25, 0.3) is 0 Å². The van der Waals surface area contributed by atoms with Crippen LogP contribution in [0.4, 0.5) is 0 Å². The molecule has 0 fully saturated rings. The zero-order valence-corrected chi connectivity index (χ0v) is 13.9. The summed E-state index contributed by atoms with van der Waals surface area (Å²) in [6.07, 6.45) is 0. The lowest BCUT2D eigenvalue weighted by Gasteiger charge is -2.21. The maximum absolute atomic E-state index is 12.1. The fourth-order valence-electron chi connectivity index (χ4n) is 2.23. The minimum Gasteiger partial charge on any atom is -0.480 e. The molecule has 0 aliphatic carbocycles. The van der Waals surface area contributed by atoms with Gasteiger partial charge in [0, 0.05) is 0 Å². The van der Waals surface area contributed by atoms with Crippen molar-refractivity contribution in [3.05, 3.63) is 42.5 Å². The number of rotatable bonds is 7. The predicted octanol–water partition coefficient (Wildman–Crippen LogP) is 2.34. The number of carbonyl (C=O) groups excluding carboxylic acids is 1. The van der Waals surface area contributed by atoms with Crippen molar-refractivity contribution < 1.29 is 19.5 Å². The summed E-state index contributed by atoms with van der Waals surface area (Å²) < 4.78 is 0. The first kappa shape index (κ1) is 17.7. The van der Waals surface area contributed by atoms with Gasteiger partial charge in [0.1, 0.15) is 17.8 Å². The van der Waals surface area contributed by atoms with E-state index in [1.54, 1.807) is 26.8 Å². The zero-order valence-electron chi connectivity index (χ0n) is 13.9. The van der Waals surface area contributed by atoms with Crippen molar-refractivity contribution in [2.75, 3.05) is 0 Å². The lowest BCUT2D eigenvalue weighted by Crippen LogP contribution is -2.51. The maximum Gasteiger partial charge on any atom is 0.326 e. The van der Waals surface area contributed by atoms with Gasteiger partial charge in [-0.2, -0.15) is 0 Å². The third-order valence-electron chi connectivity index (χ3n) is 3.70. The van der Waals surface area contributed by atoms with Crippen LogP contribution in [0, 0.1) is 5.92 Å². The van der Waals surface area contributed by atoms with Crippen molar-refractivity contribution in [1.29, 1.82) is 0 Å². The standard InChI is InChI=1S/C18H22N2O4/c1-11(2)16(18(22)23)19-17(21)12(3)20-24-15-9-8-13-6-4-5-7-14(13)10-15/h4-12,16,20H,1-3H3,(H,19,21)(H,22,23)/t12-,16-/m0/s1. The summed E-state index contributed by atoms with van der Waals surface area (Å²) in [6, 6.07) is 11.8. The fourth-order valence-corrected chi connectivity index (χ4v) is 2.23. The molecule has 0 aliphatic rings. The van der Waals surface area contributed by atoms with Gasteiger partial charge in [-0.05, 0) is 35.7 Å². The Labute approximate surface area is 140 Å². The molecular formula is C18H22N2O4. The van der Waals surface area contributed by atoms with Crippen molar-refractivity contribution in [2.45, 2.75) is 32.9 Å². The van der Waals surface area contributed by atoms with Crippen LogP contribution in [0.25, 0.3) is 10.8 Å². The van der Waals surface area contributed by atoms with Crippen molar-refractivity contribution >= 4 is 22.6 Å². The van der Waals surface area contributed by atoms with Crippen LogP contribution >= 0.6 is 0 Å². The summed E-state index contributed by atoms with van der Waals surface area (Å²) in [5.74, 6) is -1.12. The van der Waals surface area contributed by atoms with Crippen molar-refractivity contribution in [3.63, 3.8) is 0 Å². The summed E-state index contributed by atoms with van der Waals surface area (Å²) in [4.78, 5) is 28.7. The first-order chi connectivity index (χ1) is 11.4. The minimum atomic E-state index is -1.05. The molecule has 6 nitrogen and oxygen atoms in total. The number of carboxylic acids is 1.